The molecule has 5 heteroatoms. The number of hydrogen-bond acceptors (Lipinski definition) is 5. The van der Waals surface area contributed by atoms with Crippen molar-refractivity contribution in [1.82, 2.24) is 0 Å². The lowest BCUT2D eigenvalue weighted by molar-refractivity contribution is -0.157. The van der Waals surface area contributed by atoms with Crippen molar-refractivity contribution in [1.29, 1.82) is 0 Å². The average molecular weight is 790 g/mol. The highest BCUT2D eigenvalue weighted by Gasteiger charge is 2.21. The van der Waals surface area contributed by atoms with E-state index in [0.717, 1.165) is 57.8 Å². The molecule has 0 fully saturated rings. The maximum Gasteiger partial charge on any atom is 0.306 e. The number of ether oxygens (including phenoxy) is 2. The van der Waals surface area contributed by atoms with Gasteiger partial charge in [0.15, 0.2) is 0 Å². The molecular weight excluding hydrogens is 693 g/mol. The van der Waals surface area contributed by atoms with E-state index < -0.39 is 6.10 Å². The van der Waals surface area contributed by atoms with Crippen LogP contribution in [-0.4, -0.2) is 30.4 Å². The molecule has 0 aliphatic carbocycles. The number of ketones is 1. The fraction of sp³-hybridized carbons (Fsp3) is 0.922. The van der Waals surface area contributed by atoms with E-state index in [1.807, 2.05) is 0 Å². The SMILES string of the molecule is CCCCCCCCCCCCCCCC(=O)[CH][C@@H](COC(=O)CCCCCCCCCCCCCCC)OC(=O)CCCCCCCCCCCCCCC. The van der Waals surface area contributed by atoms with Crippen LogP contribution in [0.25, 0.3) is 0 Å². The molecule has 0 aromatic rings. The van der Waals surface area contributed by atoms with Gasteiger partial charge in [0, 0.05) is 19.3 Å². The van der Waals surface area contributed by atoms with Gasteiger partial charge < -0.3 is 9.47 Å². The molecule has 5 nitrogen and oxygen atoms in total. The summed E-state index contributed by atoms with van der Waals surface area (Å²) in [5, 5.41) is 0. The normalized spacial score (nSPS) is 11.9. The van der Waals surface area contributed by atoms with Gasteiger partial charge in [-0.25, -0.2) is 0 Å². The lowest BCUT2D eigenvalue weighted by Gasteiger charge is -2.17. The summed E-state index contributed by atoms with van der Waals surface area (Å²) in [6, 6.07) is 0. The molecule has 0 aromatic heterocycles. The third kappa shape index (κ3) is 43.7. The lowest BCUT2D eigenvalue weighted by atomic mass is 10.0. The summed E-state index contributed by atoms with van der Waals surface area (Å²) in [4.78, 5) is 38.2. The van der Waals surface area contributed by atoms with Crippen LogP contribution in [0.3, 0.4) is 0 Å². The summed E-state index contributed by atoms with van der Waals surface area (Å²) in [7, 11) is 0. The maximum absolute atomic E-state index is 12.9. The molecule has 0 spiro atoms. The van der Waals surface area contributed by atoms with Crippen LogP contribution >= 0.6 is 0 Å². The van der Waals surface area contributed by atoms with Crippen LogP contribution in [0, 0.1) is 6.42 Å². The van der Waals surface area contributed by atoms with E-state index in [9.17, 15) is 14.4 Å². The Labute approximate surface area is 350 Å². The van der Waals surface area contributed by atoms with E-state index in [2.05, 4.69) is 20.8 Å². The van der Waals surface area contributed by atoms with Gasteiger partial charge in [-0.1, -0.05) is 252 Å². The monoisotopic (exact) mass is 790 g/mol. The summed E-state index contributed by atoms with van der Waals surface area (Å²) in [6.45, 7) is 6.74. The van der Waals surface area contributed by atoms with E-state index in [1.54, 1.807) is 0 Å². The molecule has 0 aromatic carbocycles. The van der Waals surface area contributed by atoms with Crippen LogP contribution in [0.1, 0.15) is 290 Å². The van der Waals surface area contributed by atoms with Gasteiger partial charge in [0.2, 0.25) is 0 Å². The summed E-state index contributed by atoms with van der Waals surface area (Å²) < 4.78 is 11.3. The highest BCUT2D eigenvalue weighted by molar-refractivity contribution is 5.88. The molecule has 0 aliphatic heterocycles. The summed E-state index contributed by atoms with van der Waals surface area (Å²) in [6.07, 6.45) is 51.1. The first kappa shape index (κ1) is 54.6. The first-order valence-corrected chi connectivity index (χ1v) is 25.3. The van der Waals surface area contributed by atoms with E-state index in [4.69, 9.17) is 9.47 Å². The Balaban J connectivity index is 4.32. The Bertz CT molecular complexity index is 781. The summed E-state index contributed by atoms with van der Waals surface area (Å²) >= 11 is 0. The molecular formula is C51H97O5. The van der Waals surface area contributed by atoms with Crippen LogP contribution in [0.4, 0.5) is 0 Å². The molecule has 0 saturated heterocycles. The highest BCUT2D eigenvalue weighted by atomic mass is 16.6. The Morgan fingerprint density at radius 3 is 0.893 bits per heavy atom. The van der Waals surface area contributed by atoms with Gasteiger partial charge >= 0.3 is 11.9 Å². The van der Waals surface area contributed by atoms with Gasteiger partial charge in [-0.3, -0.25) is 14.4 Å². The van der Waals surface area contributed by atoms with E-state index in [0.29, 0.717) is 19.3 Å². The maximum atomic E-state index is 12.9. The smallest absolute Gasteiger partial charge is 0.306 e. The first-order valence-electron chi connectivity index (χ1n) is 25.3. The molecule has 0 saturated carbocycles. The minimum absolute atomic E-state index is 0.0145. The van der Waals surface area contributed by atoms with Crippen molar-refractivity contribution < 1.29 is 23.9 Å². The molecule has 56 heavy (non-hydrogen) atoms. The van der Waals surface area contributed by atoms with Crippen LogP contribution in [-0.2, 0) is 23.9 Å². The fourth-order valence-electron chi connectivity index (χ4n) is 7.77. The molecule has 0 N–H and O–H groups in total. The minimum Gasteiger partial charge on any atom is -0.462 e. The second-order valence-electron chi connectivity index (χ2n) is 17.3. The Morgan fingerprint density at radius 1 is 0.339 bits per heavy atom. The second-order valence-corrected chi connectivity index (χ2v) is 17.3. The molecule has 0 bridgehead atoms. The zero-order valence-corrected chi connectivity index (χ0v) is 38.1. The topological polar surface area (TPSA) is 69.7 Å². The van der Waals surface area contributed by atoms with Crippen molar-refractivity contribution >= 4 is 17.7 Å². The number of carbonyl (C=O) groups excluding carboxylic acids is 3. The van der Waals surface area contributed by atoms with E-state index >= 15 is 0 Å². The predicted octanol–water partition coefficient (Wildman–Crippen LogP) is 16.7. The third-order valence-electron chi connectivity index (χ3n) is 11.6. The number of Topliss-reactive ketones (excluding diaryl/α,β-unsaturated/α-hetero) is 1. The Kier molecular flexibility index (Phi) is 45.2. The largest absolute Gasteiger partial charge is 0.462 e. The standard InChI is InChI=1S/C51H97O5/c1-4-7-10-13-16-19-22-25-28-31-34-37-40-43-48(52)46-49(56-51(54)45-42-39-36-33-30-27-24-21-18-15-12-9-6-3)47-55-50(53)44-41-38-35-32-29-26-23-20-17-14-11-8-5-2/h46,49H,4-45,47H2,1-3H3/t49-/m0/s1. The van der Waals surface area contributed by atoms with Crippen molar-refractivity contribution in [2.75, 3.05) is 6.61 Å². The third-order valence-corrected chi connectivity index (χ3v) is 11.6. The molecule has 0 unspecified atom stereocenters. The number of unbranched alkanes of at least 4 members (excludes halogenated alkanes) is 36. The van der Waals surface area contributed by atoms with Crippen LogP contribution < -0.4 is 0 Å². The number of carbonyl (C=O) groups is 3. The summed E-state index contributed by atoms with van der Waals surface area (Å²) in [5.41, 5.74) is 0. The molecule has 1 atom stereocenters. The van der Waals surface area contributed by atoms with Gasteiger partial charge in [-0.2, -0.15) is 0 Å². The molecule has 0 heterocycles. The molecule has 0 rings (SSSR count). The predicted molar refractivity (Wildman–Crippen MR) is 241 cm³/mol. The molecule has 0 aliphatic rings. The van der Waals surface area contributed by atoms with Crippen molar-refractivity contribution in [2.45, 2.75) is 297 Å². The lowest BCUT2D eigenvalue weighted by Crippen LogP contribution is -2.28. The van der Waals surface area contributed by atoms with Crippen LogP contribution in [0.2, 0.25) is 0 Å². The van der Waals surface area contributed by atoms with E-state index in [-0.39, 0.29) is 24.3 Å². The van der Waals surface area contributed by atoms with Crippen LogP contribution in [0.15, 0.2) is 0 Å². The number of esters is 2. The van der Waals surface area contributed by atoms with Crippen molar-refractivity contribution in [3.8, 4) is 0 Å². The Morgan fingerprint density at radius 2 is 0.589 bits per heavy atom. The quantitative estimate of drug-likeness (QED) is 0.0454. The first-order chi connectivity index (χ1) is 27.5. The fourth-order valence-corrected chi connectivity index (χ4v) is 7.77. The van der Waals surface area contributed by atoms with E-state index in [1.165, 1.54) is 199 Å². The highest BCUT2D eigenvalue weighted by Crippen LogP contribution is 2.17. The van der Waals surface area contributed by atoms with Crippen molar-refractivity contribution in [3.63, 3.8) is 0 Å². The molecule has 1 radical (unpaired) electrons. The van der Waals surface area contributed by atoms with Gasteiger partial charge in [0.1, 0.15) is 18.5 Å². The van der Waals surface area contributed by atoms with Crippen LogP contribution in [0.5, 0.6) is 0 Å². The average Bonchev–Trinajstić information content (AvgIpc) is 3.19. The van der Waals surface area contributed by atoms with Gasteiger partial charge in [-0.05, 0) is 19.3 Å². The Hall–Kier alpha value is -1.39. The minimum atomic E-state index is -0.797. The zero-order valence-electron chi connectivity index (χ0n) is 38.1. The summed E-state index contributed by atoms with van der Waals surface area (Å²) in [5.74, 6) is -0.571. The number of rotatable bonds is 47. The molecule has 0 amide bonds. The van der Waals surface area contributed by atoms with Gasteiger partial charge in [0.05, 0.1) is 6.42 Å². The van der Waals surface area contributed by atoms with Crippen molar-refractivity contribution in [2.24, 2.45) is 0 Å². The van der Waals surface area contributed by atoms with Gasteiger partial charge in [-0.15, -0.1) is 0 Å². The zero-order chi connectivity index (χ0) is 40.8. The molecule has 331 valence electrons. The van der Waals surface area contributed by atoms with Gasteiger partial charge in [0.25, 0.3) is 0 Å². The number of hydrogen-bond donors (Lipinski definition) is 0. The second kappa shape index (κ2) is 46.3. The van der Waals surface area contributed by atoms with Crippen molar-refractivity contribution in [3.05, 3.63) is 6.42 Å².